The fourth-order valence-electron chi connectivity index (χ4n) is 5.50. The SMILES string of the molecule is CC1=C(C(=O)Nc2ccccc2)[C@@H](c2ccccc2)n2c(s/c(=C\c3cccc(OCCOc4ccc(C(C)(C)C)cc4)c3)c2=O)=N1. The zero-order chi connectivity index (χ0) is 33.0. The third-order valence-electron chi connectivity index (χ3n) is 7.91. The van der Waals surface area contributed by atoms with Gasteiger partial charge in [-0.2, -0.15) is 0 Å². The van der Waals surface area contributed by atoms with Crippen LogP contribution >= 0.6 is 11.3 Å². The van der Waals surface area contributed by atoms with Gasteiger partial charge in [-0.15, -0.1) is 0 Å². The molecule has 0 spiro atoms. The van der Waals surface area contributed by atoms with Crippen molar-refractivity contribution in [2.24, 2.45) is 4.99 Å². The first-order valence-corrected chi connectivity index (χ1v) is 16.4. The minimum absolute atomic E-state index is 0.0911. The summed E-state index contributed by atoms with van der Waals surface area (Å²) in [5, 5.41) is 2.98. The summed E-state index contributed by atoms with van der Waals surface area (Å²) < 4.78 is 14.0. The molecule has 0 radical (unpaired) electrons. The summed E-state index contributed by atoms with van der Waals surface area (Å²) >= 11 is 1.31. The molecule has 1 N–H and O–H groups in total. The van der Waals surface area contributed by atoms with Crippen LogP contribution in [0.2, 0.25) is 0 Å². The van der Waals surface area contributed by atoms with Crippen LogP contribution in [-0.4, -0.2) is 23.7 Å². The number of hydrogen-bond donors (Lipinski definition) is 1. The lowest BCUT2D eigenvalue weighted by Gasteiger charge is -2.25. The molecule has 1 aliphatic heterocycles. The number of hydrogen-bond acceptors (Lipinski definition) is 6. The molecule has 1 aliphatic rings. The summed E-state index contributed by atoms with van der Waals surface area (Å²) in [5.74, 6) is 1.18. The number of allylic oxidation sites excluding steroid dienone is 1. The number of aromatic nitrogens is 1. The number of nitrogens with zero attached hydrogens (tertiary/aromatic N) is 2. The molecule has 4 aromatic carbocycles. The van der Waals surface area contributed by atoms with E-state index in [0.717, 1.165) is 16.9 Å². The van der Waals surface area contributed by atoms with E-state index < -0.39 is 6.04 Å². The Morgan fingerprint density at radius 1 is 0.872 bits per heavy atom. The normalized spacial score (nSPS) is 14.7. The minimum atomic E-state index is -0.627. The van der Waals surface area contributed by atoms with Crippen LogP contribution in [0.1, 0.15) is 50.4 Å². The van der Waals surface area contributed by atoms with Gasteiger partial charge in [0.15, 0.2) is 4.80 Å². The second-order valence-electron chi connectivity index (χ2n) is 12.4. The van der Waals surface area contributed by atoms with Crippen molar-refractivity contribution in [2.75, 3.05) is 18.5 Å². The van der Waals surface area contributed by atoms with Crippen LogP contribution in [-0.2, 0) is 10.2 Å². The van der Waals surface area contributed by atoms with E-state index in [1.807, 2.05) is 110 Å². The van der Waals surface area contributed by atoms with Gasteiger partial charge in [0.05, 0.1) is 21.8 Å². The highest BCUT2D eigenvalue weighted by Crippen LogP contribution is 2.31. The molecule has 1 amide bonds. The van der Waals surface area contributed by atoms with E-state index in [1.54, 1.807) is 4.57 Å². The van der Waals surface area contributed by atoms with Crippen LogP contribution in [0.3, 0.4) is 0 Å². The van der Waals surface area contributed by atoms with Crippen LogP contribution < -0.4 is 29.7 Å². The number of para-hydroxylation sites is 1. The molecule has 47 heavy (non-hydrogen) atoms. The van der Waals surface area contributed by atoms with Crippen molar-refractivity contribution < 1.29 is 14.3 Å². The summed E-state index contributed by atoms with van der Waals surface area (Å²) in [5.41, 5.74) is 4.46. The second-order valence-corrected chi connectivity index (χ2v) is 13.4. The van der Waals surface area contributed by atoms with Gasteiger partial charge in [0.25, 0.3) is 11.5 Å². The highest BCUT2D eigenvalue weighted by atomic mass is 32.1. The lowest BCUT2D eigenvalue weighted by Crippen LogP contribution is -2.40. The Morgan fingerprint density at radius 2 is 1.53 bits per heavy atom. The molecular weight excluding hydrogens is 607 g/mol. The molecule has 0 aliphatic carbocycles. The summed E-state index contributed by atoms with van der Waals surface area (Å²) in [6, 6.07) is 34.0. The first-order valence-electron chi connectivity index (χ1n) is 15.6. The lowest BCUT2D eigenvalue weighted by molar-refractivity contribution is -0.113. The summed E-state index contributed by atoms with van der Waals surface area (Å²) in [7, 11) is 0. The summed E-state index contributed by atoms with van der Waals surface area (Å²) in [4.78, 5) is 33.0. The number of amides is 1. The van der Waals surface area contributed by atoms with Crippen molar-refractivity contribution in [3.63, 3.8) is 0 Å². The maximum atomic E-state index is 14.0. The number of anilines is 1. The standard InChI is InChI=1S/C39H37N3O4S/c1-26-34(36(43)41-30-15-9-6-10-16-30)35(28-13-7-5-8-14-28)42-37(44)33(47-38(42)40-26)25-27-12-11-17-32(24-27)46-23-22-45-31-20-18-29(19-21-31)39(2,3)4/h5-21,24-25,35H,22-23H2,1-4H3,(H,41,43)/b33-25-/t35-/m1/s1. The van der Waals surface area contributed by atoms with E-state index in [0.29, 0.717) is 45.3 Å². The van der Waals surface area contributed by atoms with Gasteiger partial charge < -0.3 is 14.8 Å². The summed E-state index contributed by atoms with van der Waals surface area (Å²) in [6.45, 7) is 9.14. The Morgan fingerprint density at radius 3 is 2.21 bits per heavy atom. The highest BCUT2D eigenvalue weighted by Gasteiger charge is 2.32. The zero-order valence-electron chi connectivity index (χ0n) is 26.9. The average Bonchev–Trinajstić information content (AvgIpc) is 3.36. The van der Waals surface area contributed by atoms with E-state index in [1.165, 1.54) is 16.9 Å². The molecule has 7 nitrogen and oxygen atoms in total. The smallest absolute Gasteiger partial charge is 0.271 e. The molecule has 2 heterocycles. The fourth-order valence-corrected chi connectivity index (χ4v) is 6.54. The molecule has 0 saturated heterocycles. The predicted molar refractivity (Wildman–Crippen MR) is 188 cm³/mol. The van der Waals surface area contributed by atoms with E-state index in [4.69, 9.17) is 14.5 Å². The van der Waals surface area contributed by atoms with Crippen molar-refractivity contribution in [3.8, 4) is 11.5 Å². The number of ether oxygens (including phenoxy) is 2. The zero-order valence-corrected chi connectivity index (χ0v) is 27.7. The number of rotatable bonds is 9. The Balaban J connectivity index is 1.23. The van der Waals surface area contributed by atoms with Gasteiger partial charge in [-0.25, -0.2) is 4.99 Å². The molecule has 1 atom stereocenters. The fraction of sp³-hybridized carbons (Fsp3) is 0.205. The third kappa shape index (κ3) is 7.28. The molecular formula is C39H37N3O4S. The van der Waals surface area contributed by atoms with Crippen LogP contribution in [0.4, 0.5) is 5.69 Å². The quantitative estimate of drug-likeness (QED) is 0.183. The minimum Gasteiger partial charge on any atom is -0.490 e. The third-order valence-corrected chi connectivity index (χ3v) is 8.89. The first-order chi connectivity index (χ1) is 22.7. The van der Waals surface area contributed by atoms with Gasteiger partial charge in [0.2, 0.25) is 0 Å². The lowest BCUT2D eigenvalue weighted by atomic mass is 9.87. The van der Waals surface area contributed by atoms with Gasteiger partial charge in [-0.3, -0.25) is 14.2 Å². The van der Waals surface area contributed by atoms with Crippen molar-refractivity contribution in [1.82, 2.24) is 4.57 Å². The Bertz CT molecular complexity index is 2090. The number of carbonyl (C=O) groups is 1. The van der Waals surface area contributed by atoms with Crippen molar-refractivity contribution >= 4 is 29.0 Å². The maximum absolute atomic E-state index is 14.0. The van der Waals surface area contributed by atoms with E-state index in [-0.39, 0.29) is 16.9 Å². The predicted octanol–water partition coefficient (Wildman–Crippen LogP) is 6.63. The van der Waals surface area contributed by atoms with Gasteiger partial charge >= 0.3 is 0 Å². The molecule has 0 fully saturated rings. The van der Waals surface area contributed by atoms with E-state index in [9.17, 15) is 9.59 Å². The average molecular weight is 644 g/mol. The number of nitrogens with one attached hydrogen (secondary N) is 1. The van der Waals surface area contributed by atoms with Crippen LogP contribution in [0.25, 0.3) is 6.08 Å². The summed E-state index contributed by atoms with van der Waals surface area (Å²) in [6.07, 6.45) is 1.84. The van der Waals surface area contributed by atoms with Gasteiger partial charge in [0.1, 0.15) is 24.7 Å². The Hall–Kier alpha value is -5.21. The van der Waals surface area contributed by atoms with Crippen LogP contribution in [0.5, 0.6) is 11.5 Å². The van der Waals surface area contributed by atoms with Crippen molar-refractivity contribution in [2.45, 2.75) is 39.2 Å². The number of fused-ring (bicyclic) bond motifs is 1. The monoisotopic (exact) mass is 643 g/mol. The molecule has 1 aromatic heterocycles. The Kier molecular flexibility index (Phi) is 9.22. The molecule has 8 heteroatoms. The number of benzene rings is 4. The van der Waals surface area contributed by atoms with E-state index in [2.05, 4.69) is 38.2 Å². The largest absolute Gasteiger partial charge is 0.490 e. The van der Waals surface area contributed by atoms with Crippen LogP contribution in [0.15, 0.2) is 130 Å². The number of thiazole rings is 1. The Labute approximate surface area is 278 Å². The van der Waals surface area contributed by atoms with Crippen molar-refractivity contribution in [3.05, 3.63) is 157 Å². The molecule has 238 valence electrons. The first kappa shape index (κ1) is 31.8. The molecule has 0 saturated carbocycles. The van der Waals surface area contributed by atoms with Gasteiger partial charge in [-0.1, -0.05) is 105 Å². The number of carbonyl (C=O) groups excluding carboxylic acids is 1. The van der Waals surface area contributed by atoms with E-state index >= 15 is 0 Å². The van der Waals surface area contributed by atoms with Gasteiger partial charge in [-0.05, 0) is 71.5 Å². The topological polar surface area (TPSA) is 81.9 Å². The van der Waals surface area contributed by atoms with Gasteiger partial charge in [0, 0.05) is 5.69 Å². The highest BCUT2D eigenvalue weighted by molar-refractivity contribution is 7.07. The molecule has 0 unspecified atom stereocenters. The maximum Gasteiger partial charge on any atom is 0.271 e. The molecule has 0 bridgehead atoms. The van der Waals surface area contributed by atoms with Crippen LogP contribution in [0, 0.1) is 0 Å². The molecule has 6 rings (SSSR count). The molecule has 5 aromatic rings. The van der Waals surface area contributed by atoms with Crippen molar-refractivity contribution in [1.29, 1.82) is 0 Å². The second kappa shape index (κ2) is 13.6.